The highest BCUT2D eigenvalue weighted by molar-refractivity contribution is 6.11. The van der Waals surface area contributed by atoms with Crippen molar-refractivity contribution in [2.75, 3.05) is 0 Å². The van der Waals surface area contributed by atoms with Crippen LogP contribution in [0, 0.1) is 6.33 Å². The van der Waals surface area contributed by atoms with Gasteiger partial charge in [0.1, 0.15) is 17.3 Å². The van der Waals surface area contributed by atoms with Gasteiger partial charge in [0.2, 0.25) is 0 Å². The summed E-state index contributed by atoms with van der Waals surface area (Å²) in [5.41, 5.74) is 21.1. The van der Waals surface area contributed by atoms with Gasteiger partial charge in [-0.25, -0.2) is 4.98 Å². The monoisotopic (exact) mass is 1030 g/mol. The highest BCUT2D eigenvalue weighted by atomic mass is 16.5. The number of aromatic nitrogens is 5. The fourth-order valence-electron chi connectivity index (χ4n) is 12.5. The van der Waals surface area contributed by atoms with Crippen LogP contribution in [0.2, 0.25) is 0 Å². The van der Waals surface area contributed by atoms with Gasteiger partial charge in [0.15, 0.2) is 0 Å². The molecule has 5 heterocycles. The first-order valence-electron chi connectivity index (χ1n) is 27.7. The number of para-hydroxylation sites is 4. The zero-order chi connectivity index (χ0) is 54.0. The van der Waals surface area contributed by atoms with Crippen LogP contribution in [0.3, 0.4) is 0 Å². The molecule has 0 spiro atoms. The van der Waals surface area contributed by atoms with E-state index in [9.17, 15) is 0 Å². The molecule has 0 N–H and O–H groups in total. The average Bonchev–Trinajstić information content (AvgIpc) is 3.90. The molecule has 0 saturated carbocycles. The SMILES string of the molecule is CC(C)(C)c1ccc(-c2cccc3c2-[n+]2[c-]n(-c4cccc(Oc5ccc6c7ccccc7n(-c7cc(C(C)(C)C)ccn7)c6c5)c4)c4cc(-n5c6ccccc6c6ccccc65)cc(c42)-c2ccccc2-c2ccccc2-3)cc1. The second kappa shape index (κ2) is 17.9. The van der Waals surface area contributed by atoms with Crippen LogP contribution in [0.5, 0.6) is 11.5 Å². The lowest BCUT2D eigenvalue weighted by Crippen LogP contribution is -2.32. The van der Waals surface area contributed by atoms with E-state index in [1.165, 1.54) is 38.4 Å². The standard InChI is InChI=1S/C74H57N5O/c1-73(2,3)48-35-33-47(34-36-48)54-28-18-29-63-57-23-9-7-21-55(57)56-22-8-10-24-58(56)64-43-51(78-65-30-14-11-25-59(65)60-26-12-15-31-66(60)78)44-69-72(64)77(71(54)63)46-76(69)50-19-17-20-52(42-50)80-53-37-38-62-61-27-13-16-32-67(61)79(68(62)45-53)70-41-49(39-40-75-70)74(4,5)6/h7-45H,1-6H3. The van der Waals surface area contributed by atoms with Crippen molar-refractivity contribution in [3.8, 4) is 78.9 Å². The quantitative estimate of drug-likeness (QED) is 0.123. The van der Waals surface area contributed by atoms with Crippen LogP contribution in [-0.2, 0) is 10.8 Å². The number of imidazole rings is 1. The molecule has 1 aliphatic heterocycles. The van der Waals surface area contributed by atoms with Gasteiger partial charge in [0.05, 0.1) is 44.5 Å². The average molecular weight is 1030 g/mol. The molecule has 0 saturated heterocycles. The maximum Gasteiger partial charge on any atom is 0.269 e. The highest BCUT2D eigenvalue weighted by Gasteiger charge is 2.29. The van der Waals surface area contributed by atoms with Crippen molar-refractivity contribution in [2.24, 2.45) is 0 Å². The summed E-state index contributed by atoms with van der Waals surface area (Å²) in [7, 11) is 0. The Morgan fingerprint density at radius 2 is 0.925 bits per heavy atom. The molecule has 0 atom stereocenters. The summed E-state index contributed by atoms with van der Waals surface area (Å²) in [6, 6.07) is 83.9. The molecule has 0 unspecified atom stereocenters. The fraction of sp³-hybridized carbons (Fsp3) is 0.108. The van der Waals surface area contributed by atoms with E-state index in [-0.39, 0.29) is 10.8 Å². The smallest absolute Gasteiger partial charge is 0.269 e. The Labute approximate surface area is 465 Å². The van der Waals surface area contributed by atoms with Gasteiger partial charge in [-0.05, 0) is 139 Å². The van der Waals surface area contributed by atoms with Crippen LogP contribution in [-0.4, -0.2) is 18.7 Å². The fourth-order valence-corrected chi connectivity index (χ4v) is 12.5. The van der Waals surface area contributed by atoms with Crippen LogP contribution >= 0.6 is 0 Å². The summed E-state index contributed by atoms with van der Waals surface area (Å²) >= 11 is 0. The van der Waals surface area contributed by atoms with Crippen molar-refractivity contribution < 1.29 is 9.30 Å². The number of rotatable bonds is 6. The number of pyridine rings is 1. The summed E-state index contributed by atoms with van der Waals surface area (Å²) in [6.45, 7) is 13.6. The van der Waals surface area contributed by atoms with Crippen molar-refractivity contribution in [3.05, 3.63) is 254 Å². The first kappa shape index (κ1) is 47.4. The van der Waals surface area contributed by atoms with Gasteiger partial charge in [0.25, 0.3) is 6.33 Å². The van der Waals surface area contributed by atoms with Crippen LogP contribution in [0.15, 0.2) is 237 Å². The van der Waals surface area contributed by atoms with Crippen molar-refractivity contribution in [1.82, 2.24) is 18.7 Å². The normalized spacial score (nSPS) is 12.4. The zero-order valence-electron chi connectivity index (χ0n) is 45.7. The van der Waals surface area contributed by atoms with Crippen molar-refractivity contribution in [2.45, 2.75) is 52.4 Å². The Hall–Kier alpha value is -9.78. The Morgan fingerprint density at radius 1 is 0.388 bits per heavy atom. The summed E-state index contributed by atoms with van der Waals surface area (Å²) in [6.07, 6.45) is 6.01. The maximum absolute atomic E-state index is 7.01. The minimum Gasteiger partial charge on any atom is -0.458 e. The van der Waals surface area contributed by atoms with E-state index >= 15 is 0 Å². The highest BCUT2D eigenvalue weighted by Crippen LogP contribution is 2.47. The van der Waals surface area contributed by atoms with Crippen LogP contribution in [0.1, 0.15) is 52.7 Å². The van der Waals surface area contributed by atoms with Gasteiger partial charge >= 0.3 is 0 Å². The van der Waals surface area contributed by atoms with Crippen molar-refractivity contribution >= 4 is 54.6 Å². The molecular formula is C74H57N5O. The Kier molecular flexibility index (Phi) is 10.6. The molecule has 15 rings (SSSR count). The van der Waals surface area contributed by atoms with E-state index in [0.29, 0.717) is 5.75 Å². The van der Waals surface area contributed by atoms with E-state index in [2.05, 4.69) is 291 Å². The number of ether oxygens (including phenoxy) is 1. The number of hydrogen-bond acceptors (Lipinski definition) is 2. The zero-order valence-corrected chi connectivity index (χ0v) is 45.7. The maximum atomic E-state index is 7.01. The predicted molar refractivity (Wildman–Crippen MR) is 329 cm³/mol. The molecule has 14 aromatic rings. The molecule has 6 heteroatoms. The molecule has 384 valence electrons. The van der Waals surface area contributed by atoms with Gasteiger partial charge in [-0.15, -0.1) is 0 Å². The lowest BCUT2D eigenvalue weighted by molar-refractivity contribution is -0.570. The molecule has 0 aliphatic carbocycles. The molecule has 6 nitrogen and oxygen atoms in total. The summed E-state index contributed by atoms with van der Waals surface area (Å²) < 4.78 is 16.3. The molecule has 10 aromatic carbocycles. The molecule has 1 aliphatic rings. The third-order valence-corrected chi connectivity index (χ3v) is 16.4. The van der Waals surface area contributed by atoms with Gasteiger partial charge in [-0.1, -0.05) is 193 Å². The van der Waals surface area contributed by atoms with Crippen molar-refractivity contribution in [3.63, 3.8) is 0 Å². The number of nitrogens with zero attached hydrogens (tertiary/aromatic N) is 5. The predicted octanol–water partition coefficient (Wildman–Crippen LogP) is 18.7. The molecule has 0 amide bonds. The topological polar surface area (TPSA) is 40.8 Å². The van der Waals surface area contributed by atoms with E-state index in [0.717, 1.165) is 100 Å². The minimum absolute atomic E-state index is 0.00666. The molecule has 0 fully saturated rings. The number of fused-ring (bicyclic) bond motifs is 13. The van der Waals surface area contributed by atoms with Gasteiger partial charge in [-0.3, -0.25) is 13.7 Å². The molecule has 4 aromatic heterocycles. The molecule has 80 heavy (non-hydrogen) atoms. The Bertz CT molecular complexity index is 4770. The summed E-state index contributed by atoms with van der Waals surface area (Å²) in [4.78, 5) is 4.95. The van der Waals surface area contributed by atoms with E-state index < -0.39 is 0 Å². The van der Waals surface area contributed by atoms with E-state index in [4.69, 9.17) is 9.72 Å². The number of benzene rings is 10. The van der Waals surface area contributed by atoms with Crippen LogP contribution in [0.25, 0.3) is 122 Å². The Balaban J connectivity index is 0.987. The lowest BCUT2D eigenvalue weighted by atomic mass is 9.85. The second-order valence-electron chi connectivity index (χ2n) is 23.4. The Morgan fingerprint density at radius 3 is 1.57 bits per heavy atom. The van der Waals surface area contributed by atoms with E-state index in [1.54, 1.807) is 0 Å². The van der Waals surface area contributed by atoms with Crippen molar-refractivity contribution in [1.29, 1.82) is 0 Å². The minimum atomic E-state index is -0.0406. The molecule has 0 radical (unpaired) electrons. The third-order valence-electron chi connectivity index (χ3n) is 16.4. The first-order valence-corrected chi connectivity index (χ1v) is 27.7. The molecule has 0 bridgehead atoms. The molecular weight excluding hydrogens is 975 g/mol. The van der Waals surface area contributed by atoms with E-state index in [1.807, 2.05) is 12.3 Å². The second-order valence-corrected chi connectivity index (χ2v) is 23.4. The van der Waals surface area contributed by atoms with Gasteiger partial charge < -0.3 is 9.30 Å². The lowest BCUT2D eigenvalue weighted by Gasteiger charge is -2.21. The largest absolute Gasteiger partial charge is 0.458 e. The van der Waals surface area contributed by atoms with Crippen LogP contribution < -0.4 is 9.30 Å². The summed E-state index contributed by atoms with van der Waals surface area (Å²) in [5, 5.41) is 4.73. The summed E-state index contributed by atoms with van der Waals surface area (Å²) in [5.74, 6) is 2.31. The first-order chi connectivity index (χ1) is 38.9. The van der Waals surface area contributed by atoms with Gasteiger partial charge in [-0.2, -0.15) is 0 Å². The van der Waals surface area contributed by atoms with Crippen LogP contribution in [0.4, 0.5) is 0 Å². The third kappa shape index (κ3) is 7.54. The number of hydrogen-bond donors (Lipinski definition) is 0. The van der Waals surface area contributed by atoms with Gasteiger partial charge in [0, 0.05) is 39.5 Å².